The fourth-order valence-corrected chi connectivity index (χ4v) is 2.05. The van der Waals surface area contributed by atoms with Crippen LogP contribution in [0.15, 0.2) is 46.9 Å². The Hall–Kier alpha value is -2.62. The number of benzene rings is 2. The lowest BCUT2D eigenvalue weighted by atomic mass is 10.1. The van der Waals surface area contributed by atoms with Crippen molar-refractivity contribution in [1.29, 1.82) is 0 Å². The molecule has 2 aromatic carbocycles. The molecule has 0 saturated heterocycles. The van der Waals surface area contributed by atoms with Crippen LogP contribution < -0.4 is 4.74 Å². The number of aryl methyl sites for hydroxylation is 2. The van der Waals surface area contributed by atoms with Crippen molar-refractivity contribution in [1.82, 2.24) is 4.98 Å². The Kier molecular flexibility index (Phi) is 2.99. The molecule has 0 aliphatic heterocycles. The molecule has 1 heterocycles. The first kappa shape index (κ1) is 12.4. The van der Waals surface area contributed by atoms with Gasteiger partial charge in [-0.25, -0.2) is 9.78 Å². The molecule has 0 atom stereocenters. The van der Waals surface area contributed by atoms with Gasteiger partial charge in [-0.15, -0.1) is 0 Å². The van der Waals surface area contributed by atoms with Crippen LogP contribution in [0.3, 0.4) is 0 Å². The normalized spacial score (nSPS) is 10.7. The highest BCUT2D eigenvalue weighted by atomic mass is 16.5. The van der Waals surface area contributed by atoms with Gasteiger partial charge in [-0.2, -0.15) is 0 Å². The maximum Gasteiger partial charge on any atom is 0.343 e. The Labute approximate surface area is 116 Å². The number of aromatic nitrogens is 1. The molecule has 0 aliphatic carbocycles. The second kappa shape index (κ2) is 4.81. The first-order valence-corrected chi connectivity index (χ1v) is 6.28. The average molecular weight is 267 g/mol. The molecule has 0 aliphatic rings. The monoisotopic (exact) mass is 267 g/mol. The number of fused-ring (bicyclic) bond motifs is 1. The number of hydrogen-bond donors (Lipinski definition) is 0. The Morgan fingerprint density at radius 2 is 1.95 bits per heavy atom. The van der Waals surface area contributed by atoms with Crippen molar-refractivity contribution in [3.8, 4) is 5.75 Å². The van der Waals surface area contributed by atoms with Gasteiger partial charge in [0.05, 0.1) is 5.56 Å². The van der Waals surface area contributed by atoms with Crippen molar-refractivity contribution >= 4 is 17.1 Å². The molecule has 0 amide bonds. The highest BCUT2D eigenvalue weighted by Crippen LogP contribution is 2.22. The molecule has 20 heavy (non-hydrogen) atoms. The number of ether oxygens (including phenoxy) is 1. The summed E-state index contributed by atoms with van der Waals surface area (Å²) in [6.45, 7) is 3.65. The summed E-state index contributed by atoms with van der Waals surface area (Å²) in [7, 11) is 0. The summed E-state index contributed by atoms with van der Waals surface area (Å²) in [6.07, 6.45) is 0. The van der Waals surface area contributed by atoms with Gasteiger partial charge in [-0.1, -0.05) is 18.2 Å². The van der Waals surface area contributed by atoms with Crippen molar-refractivity contribution in [2.75, 3.05) is 0 Å². The van der Waals surface area contributed by atoms with Crippen LogP contribution in [0.2, 0.25) is 0 Å². The van der Waals surface area contributed by atoms with Gasteiger partial charge in [0, 0.05) is 13.0 Å². The summed E-state index contributed by atoms with van der Waals surface area (Å²) >= 11 is 0. The van der Waals surface area contributed by atoms with Gasteiger partial charge in [0.25, 0.3) is 0 Å². The topological polar surface area (TPSA) is 52.3 Å². The zero-order chi connectivity index (χ0) is 14.1. The van der Waals surface area contributed by atoms with Crippen LogP contribution >= 0.6 is 0 Å². The third kappa shape index (κ3) is 2.28. The van der Waals surface area contributed by atoms with Crippen molar-refractivity contribution in [3.05, 3.63) is 59.5 Å². The van der Waals surface area contributed by atoms with Crippen molar-refractivity contribution < 1.29 is 13.9 Å². The smallest absolute Gasteiger partial charge is 0.343 e. The molecule has 0 saturated carbocycles. The average Bonchev–Trinajstić information content (AvgIpc) is 2.78. The van der Waals surface area contributed by atoms with Gasteiger partial charge in [0.15, 0.2) is 11.5 Å². The molecule has 3 aromatic rings. The molecule has 100 valence electrons. The third-order valence-electron chi connectivity index (χ3n) is 3.04. The zero-order valence-electron chi connectivity index (χ0n) is 11.2. The van der Waals surface area contributed by atoms with Crippen LogP contribution in [0, 0.1) is 13.8 Å². The Morgan fingerprint density at radius 1 is 1.15 bits per heavy atom. The second-order valence-corrected chi connectivity index (χ2v) is 4.57. The van der Waals surface area contributed by atoms with E-state index >= 15 is 0 Å². The summed E-state index contributed by atoms with van der Waals surface area (Å²) < 4.78 is 10.8. The quantitative estimate of drug-likeness (QED) is 0.525. The lowest BCUT2D eigenvalue weighted by Crippen LogP contribution is -2.09. The number of oxazole rings is 1. The molecule has 3 rings (SSSR count). The minimum atomic E-state index is -0.373. The molecular formula is C16H13NO3. The third-order valence-corrected chi connectivity index (χ3v) is 3.04. The first-order valence-electron chi connectivity index (χ1n) is 6.28. The summed E-state index contributed by atoms with van der Waals surface area (Å²) in [5.41, 5.74) is 2.80. The predicted molar refractivity (Wildman–Crippen MR) is 74.9 cm³/mol. The molecule has 1 aromatic heterocycles. The summed E-state index contributed by atoms with van der Waals surface area (Å²) in [6, 6.07) is 12.5. The van der Waals surface area contributed by atoms with E-state index in [4.69, 9.17) is 9.15 Å². The van der Waals surface area contributed by atoms with E-state index < -0.39 is 0 Å². The fourth-order valence-electron chi connectivity index (χ4n) is 2.05. The first-order chi connectivity index (χ1) is 9.63. The van der Waals surface area contributed by atoms with Crippen LogP contribution in [-0.4, -0.2) is 11.0 Å². The van der Waals surface area contributed by atoms with E-state index in [9.17, 15) is 4.79 Å². The number of carbonyl (C=O) groups excluding carboxylic acids is 1. The molecule has 0 spiro atoms. The fraction of sp³-hybridized carbons (Fsp3) is 0.125. The molecule has 4 nitrogen and oxygen atoms in total. The zero-order valence-corrected chi connectivity index (χ0v) is 11.2. The Balaban J connectivity index is 1.89. The van der Waals surface area contributed by atoms with E-state index in [1.54, 1.807) is 31.2 Å². The Bertz CT molecular complexity index is 789. The van der Waals surface area contributed by atoms with Gasteiger partial charge in [-0.05, 0) is 30.7 Å². The van der Waals surface area contributed by atoms with Crippen molar-refractivity contribution in [3.63, 3.8) is 0 Å². The number of hydrogen-bond acceptors (Lipinski definition) is 4. The van der Waals surface area contributed by atoms with E-state index in [-0.39, 0.29) is 5.97 Å². The second-order valence-electron chi connectivity index (χ2n) is 4.57. The number of carbonyl (C=O) groups is 1. The molecule has 0 fully saturated rings. The lowest BCUT2D eigenvalue weighted by Gasteiger charge is -2.06. The summed E-state index contributed by atoms with van der Waals surface area (Å²) in [4.78, 5) is 16.3. The highest BCUT2D eigenvalue weighted by molar-refractivity contribution is 5.93. The lowest BCUT2D eigenvalue weighted by molar-refractivity contribution is 0.0734. The van der Waals surface area contributed by atoms with E-state index in [2.05, 4.69) is 4.98 Å². The molecule has 0 radical (unpaired) electrons. The van der Waals surface area contributed by atoms with Gasteiger partial charge < -0.3 is 9.15 Å². The molecule has 0 bridgehead atoms. The molecule has 0 N–H and O–H groups in total. The maximum atomic E-state index is 12.1. The predicted octanol–water partition coefficient (Wildman–Crippen LogP) is 3.66. The van der Waals surface area contributed by atoms with Crippen LogP contribution in [0.1, 0.15) is 21.8 Å². The number of esters is 1. The largest absolute Gasteiger partial charge is 0.441 e. The minimum Gasteiger partial charge on any atom is -0.441 e. The standard InChI is InChI=1S/C16H13NO3/c1-10-5-3-4-6-13(10)16(18)20-12-7-8-15-14(9-12)17-11(2)19-15/h3-9H,1-2H3. The Morgan fingerprint density at radius 3 is 2.75 bits per heavy atom. The van der Waals surface area contributed by atoms with Gasteiger partial charge >= 0.3 is 5.97 Å². The summed E-state index contributed by atoms with van der Waals surface area (Å²) in [5.74, 6) is 0.670. The SMILES string of the molecule is Cc1nc2cc(OC(=O)c3ccccc3C)ccc2o1. The minimum absolute atomic E-state index is 0.373. The molecule has 0 unspecified atom stereocenters. The number of nitrogens with zero attached hydrogens (tertiary/aromatic N) is 1. The van der Waals surface area contributed by atoms with E-state index in [1.807, 2.05) is 25.1 Å². The van der Waals surface area contributed by atoms with Gasteiger partial charge in [0.2, 0.25) is 0 Å². The van der Waals surface area contributed by atoms with Gasteiger partial charge in [-0.3, -0.25) is 0 Å². The number of rotatable bonds is 2. The highest BCUT2D eigenvalue weighted by Gasteiger charge is 2.12. The maximum absolute atomic E-state index is 12.1. The van der Waals surface area contributed by atoms with Crippen LogP contribution in [0.25, 0.3) is 11.1 Å². The molecular weight excluding hydrogens is 254 g/mol. The van der Waals surface area contributed by atoms with E-state index in [0.29, 0.717) is 28.3 Å². The van der Waals surface area contributed by atoms with E-state index in [0.717, 1.165) is 5.56 Å². The summed E-state index contributed by atoms with van der Waals surface area (Å²) in [5, 5.41) is 0. The van der Waals surface area contributed by atoms with Crippen molar-refractivity contribution in [2.45, 2.75) is 13.8 Å². The van der Waals surface area contributed by atoms with Crippen molar-refractivity contribution in [2.24, 2.45) is 0 Å². The van der Waals surface area contributed by atoms with Crippen LogP contribution in [-0.2, 0) is 0 Å². The van der Waals surface area contributed by atoms with Gasteiger partial charge in [0.1, 0.15) is 11.3 Å². The molecule has 4 heteroatoms. The van der Waals surface area contributed by atoms with E-state index in [1.165, 1.54) is 0 Å². The van der Waals surface area contributed by atoms with Crippen LogP contribution in [0.5, 0.6) is 5.75 Å². The van der Waals surface area contributed by atoms with Crippen LogP contribution in [0.4, 0.5) is 0 Å².